The lowest BCUT2D eigenvalue weighted by Gasteiger charge is -2.31. The van der Waals surface area contributed by atoms with Gasteiger partial charge in [0.05, 0.1) is 11.4 Å². The van der Waals surface area contributed by atoms with Gasteiger partial charge < -0.3 is 4.90 Å². The van der Waals surface area contributed by atoms with Crippen LogP contribution in [0, 0.1) is 6.92 Å². The first-order chi connectivity index (χ1) is 14.2. The first kappa shape index (κ1) is 17.6. The highest BCUT2D eigenvalue weighted by atomic mass is 16.2. The van der Waals surface area contributed by atoms with Crippen molar-refractivity contribution in [3.63, 3.8) is 0 Å². The lowest BCUT2D eigenvalue weighted by molar-refractivity contribution is 0.253. The molecule has 1 N–H and O–H groups in total. The molecule has 5 heterocycles. The van der Waals surface area contributed by atoms with Crippen LogP contribution in [0.3, 0.4) is 0 Å². The molecule has 0 aliphatic carbocycles. The summed E-state index contributed by atoms with van der Waals surface area (Å²) in [4.78, 5) is 30.4. The molecule has 1 aromatic carbocycles. The molecule has 1 saturated heterocycles. The van der Waals surface area contributed by atoms with Gasteiger partial charge in [0, 0.05) is 30.9 Å². The van der Waals surface area contributed by atoms with Crippen molar-refractivity contribution in [2.24, 2.45) is 0 Å². The highest BCUT2D eigenvalue weighted by Crippen LogP contribution is 2.39. The molecule has 2 aromatic heterocycles. The summed E-state index contributed by atoms with van der Waals surface area (Å²) in [5.74, 6) is 1.20. The average molecular weight is 386 g/mol. The quantitative estimate of drug-likeness (QED) is 0.724. The third-order valence-corrected chi connectivity index (χ3v) is 5.60. The number of benzene rings is 1. The number of anilines is 3. The summed E-state index contributed by atoms with van der Waals surface area (Å²) in [6.07, 6.45) is 4.89. The minimum absolute atomic E-state index is 0.120. The van der Waals surface area contributed by atoms with Gasteiger partial charge in [-0.05, 0) is 44.0 Å². The summed E-state index contributed by atoms with van der Waals surface area (Å²) in [6.45, 7) is 3.93. The van der Waals surface area contributed by atoms with Gasteiger partial charge in [-0.3, -0.25) is 10.2 Å². The molecule has 3 aromatic rings. The van der Waals surface area contributed by atoms with Gasteiger partial charge >= 0.3 is 6.03 Å². The van der Waals surface area contributed by atoms with E-state index in [1.807, 2.05) is 17.0 Å². The Morgan fingerprint density at radius 2 is 2.00 bits per heavy atom. The van der Waals surface area contributed by atoms with E-state index in [9.17, 15) is 4.79 Å². The van der Waals surface area contributed by atoms with E-state index in [2.05, 4.69) is 51.4 Å². The maximum absolute atomic E-state index is 13.3. The van der Waals surface area contributed by atoms with Crippen molar-refractivity contribution in [3.8, 4) is 11.3 Å². The summed E-state index contributed by atoms with van der Waals surface area (Å²) in [5.41, 5.74) is 4.12. The van der Waals surface area contributed by atoms with E-state index in [1.54, 1.807) is 12.3 Å². The molecule has 7 nitrogen and oxygen atoms in total. The molecular weight excluding hydrogens is 364 g/mol. The van der Waals surface area contributed by atoms with E-state index >= 15 is 0 Å². The van der Waals surface area contributed by atoms with Gasteiger partial charge in [-0.15, -0.1) is 0 Å². The fraction of sp³-hybridized carbons (Fsp3) is 0.273. The van der Waals surface area contributed by atoms with E-state index in [1.165, 1.54) is 11.9 Å². The summed E-state index contributed by atoms with van der Waals surface area (Å²) >= 11 is 0. The number of rotatable bonds is 2. The number of amides is 2. The maximum Gasteiger partial charge on any atom is 0.328 e. The van der Waals surface area contributed by atoms with Crippen LogP contribution in [0.15, 0.2) is 55.0 Å². The number of hydrogen-bond acceptors (Lipinski definition) is 5. The Bertz CT molecular complexity index is 1050. The Labute approximate surface area is 169 Å². The SMILES string of the molecule is Cc1cccc(-c2ccc3c(n2)N(C(=O)Nc2ccncn2)C2CCN3CC2)c1. The normalized spacial score (nSPS) is 15.8. The lowest BCUT2D eigenvalue weighted by atomic mass is 10.1. The first-order valence-electron chi connectivity index (χ1n) is 9.88. The van der Waals surface area contributed by atoms with Gasteiger partial charge in [-0.1, -0.05) is 23.8 Å². The third kappa shape index (κ3) is 3.29. The van der Waals surface area contributed by atoms with Crippen molar-refractivity contribution < 1.29 is 4.79 Å². The van der Waals surface area contributed by atoms with Crippen LogP contribution in [-0.2, 0) is 0 Å². The van der Waals surface area contributed by atoms with Crippen LogP contribution in [0.4, 0.5) is 22.1 Å². The highest BCUT2D eigenvalue weighted by Gasteiger charge is 2.37. The minimum atomic E-state index is -0.201. The maximum atomic E-state index is 13.3. The Balaban J connectivity index is 1.57. The predicted octanol–water partition coefficient (Wildman–Crippen LogP) is 3.87. The van der Waals surface area contributed by atoms with Crippen molar-refractivity contribution in [1.82, 2.24) is 15.0 Å². The molecule has 3 aliphatic heterocycles. The van der Waals surface area contributed by atoms with Crippen molar-refractivity contribution in [2.75, 3.05) is 28.2 Å². The van der Waals surface area contributed by atoms with Crippen LogP contribution in [0.5, 0.6) is 0 Å². The summed E-state index contributed by atoms with van der Waals surface area (Å²) in [6, 6.07) is 14.0. The highest BCUT2D eigenvalue weighted by molar-refractivity contribution is 6.03. The second-order valence-electron chi connectivity index (χ2n) is 7.52. The molecule has 0 unspecified atom stereocenters. The van der Waals surface area contributed by atoms with Gasteiger partial charge in [-0.25, -0.2) is 19.7 Å². The van der Waals surface area contributed by atoms with Crippen LogP contribution >= 0.6 is 0 Å². The molecule has 1 fully saturated rings. The van der Waals surface area contributed by atoms with Crippen LogP contribution in [-0.4, -0.2) is 40.1 Å². The van der Waals surface area contributed by atoms with Crippen molar-refractivity contribution in [1.29, 1.82) is 0 Å². The second kappa shape index (κ2) is 7.16. The van der Waals surface area contributed by atoms with Crippen LogP contribution in [0.25, 0.3) is 11.3 Å². The monoisotopic (exact) mass is 386 g/mol. The standard InChI is InChI=1S/C22H22N6O/c1-15-3-2-4-16(13-15)18-5-6-19-21(25-18)28(17-8-11-27(19)12-9-17)22(29)26-20-7-10-23-14-24-20/h2-7,10,13-14,17H,8-9,11-12H2,1H3,(H,23,24,26,29). The fourth-order valence-corrected chi connectivity index (χ4v) is 4.16. The lowest BCUT2D eigenvalue weighted by Crippen LogP contribution is -2.46. The van der Waals surface area contributed by atoms with E-state index in [-0.39, 0.29) is 12.1 Å². The number of aryl methyl sites for hydroxylation is 1. The molecule has 7 heteroatoms. The topological polar surface area (TPSA) is 74.2 Å². The number of hydrogen-bond donors (Lipinski definition) is 1. The molecule has 29 heavy (non-hydrogen) atoms. The zero-order valence-corrected chi connectivity index (χ0v) is 16.2. The van der Waals surface area contributed by atoms with Crippen LogP contribution in [0.2, 0.25) is 0 Å². The number of urea groups is 1. The summed E-state index contributed by atoms with van der Waals surface area (Å²) < 4.78 is 0. The van der Waals surface area contributed by atoms with Gasteiger partial charge in [0.25, 0.3) is 0 Å². The number of piperidine rings is 1. The van der Waals surface area contributed by atoms with Gasteiger partial charge in [0.15, 0.2) is 5.82 Å². The number of carbonyl (C=O) groups is 1. The number of pyridine rings is 1. The molecule has 0 saturated carbocycles. The Morgan fingerprint density at radius 3 is 2.76 bits per heavy atom. The van der Waals surface area contributed by atoms with Gasteiger partial charge in [-0.2, -0.15) is 0 Å². The number of aromatic nitrogens is 3. The summed E-state index contributed by atoms with van der Waals surface area (Å²) in [5, 5.41) is 2.91. The number of nitrogens with one attached hydrogen (secondary N) is 1. The molecule has 0 atom stereocenters. The molecule has 6 rings (SSSR count). The van der Waals surface area contributed by atoms with E-state index in [0.29, 0.717) is 5.82 Å². The Hall–Kier alpha value is -3.48. The largest absolute Gasteiger partial charge is 0.368 e. The third-order valence-electron chi connectivity index (χ3n) is 5.60. The van der Waals surface area contributed by atoms with E-state index < -0.39 is 0 Å². The minimum Gasteiger partial charge on any atom is -0.368 e. The molecule has 0 radical (unpaired) electrons. The average Bonchev–Trinajstić information content (AvgIpc) is 3.00. The van der Waals surface area contributed by atoms with Crippen LogP contribution in [0.1, 0.15) is 18.4 Å². The van der Waals surface area contributed by atoms with E-state index in [4.69, 9.17) is 4.98 Å². The molecule has 0 spiro atoms. The number of nitrogens with zero attached hydrogens (tertiary/aromatic N) is 5. The second-order valence-corrected chi connectivity index (χ2v) is 7.52. The number of fused-ring (bicyclic) bond motifs is 2. The Morgan fingerprint density at radius 1 is 1.14 bits per heavy atom. The van der Waals surface area contributed by atoms with E-state index in [0.717, 1.165) is 48.7 Å². The molecule has 146 valence electrons. The van der Waals surface area contributed by atoms with Gasteiger partial charge in [0.1, 0.15) is 12.1 Å². The molecule has 2 amide bonds. The summed E-state index contributed by atoms with van der Waals surface area (Å²) in [7, 11) is 0. The van der Waals surface area contributed by atoms with Crippen molar-refractivity contribution in [3.05, 3.63) is 60.6 Å². The smallest absolute Gasteiger partial charge is 0.328 e. The first-order valence-corrected chi connectivity index (χ1v) is 9.88. The van der Waals surface area contributed by atoms with Crippen molar-refractivity contribution >= 4 is 23.4 Å². The predicted molar refractivity (Wildman–Crippen MR) is 113 cm³/mol. The Kier molecular flexibility index (Phi) is 4.35. The zero-order chi connectivity index (χ0) is 19.8. The zero-order valence-electron chi connectivity index (χ0n) is 16.2. The van der Waals surface area contributed by atoms with Crippen LogP contribution < -0.4 is 15.1 Å². The number of carbonyl (C=O) groups excluding carboxylic acids is 1. The molecule has 3 aliphatic rings. The molecular formula is C22H22N6O. The van der Waals surface area contributed by atoms with Gasteiger partial charge in [0.2, 0.25) is 0 Å². The fourth-order valence-electron chi connectivity index (χ4n) is 4.16. The molecule has 2 bridgehead atoms. The van der Waals surface area contributed by atoms with Crippen molar-refractivity contribution in [2.45, 2.75) is 25.8 Å².